The van der Waals surface area contributed by atoms with Crippen LogP contribution < -0.4 is 14.7 Å². The number of hydrogen-bond donors (Lipinski definition) is 0. The van der Waals surface area contributed by atoms with Crippen LogP contribution in [0.3, 0.4) is 0 Å². The van der Waals surface area contributed by atoms with E-state index >= 15 is 0 Å². The molecule has 0 heterocycles. The van der Waals surface area contributed by atoms with Crippen molar-refractivity contribution in [1.29, 1.82) is 0 Å². The van der Waals surface area contributed by atoms with Crippen molar-refractivity contribution in [1.82, 2.24) is 0 Å². The standard InChI is InChI=1S/C30H35N3O/c1-31(2)24-16-12-22(13-17-24)30(34-7,23-14-18-25(19-15-23)32(3)4)28-20-21-29(33(5)6)27-11-9-8-10-26(27)28/h8-21H,1-7H3. The summed E-state index contributed by atoms with van der Waals surface area (Å²) in [5.74, 6) is 0. The van der Waals surface area contributed by atoms with Crippen LogP contribution in [-0.2, 0) is 10.3 Å². The van der Waals surface area contributed by atoms with E-state index in [1.165, 1.54) is 16.5 Å². The van der Waals surface area contributed by atoms with Crippen molar-refractivity contribution in [2.24, 2.45) is 0 Å². The van der Waals surface area contributed by atoms with E-state index in [0.717, 1.165) is 28.1 Å². The number of ether oxygens (including phenoxy) is 1. The fourth-order valence-corrected chi connectivity index (χ4v) is 4.79. The smallest absolute Gasteiger partial charge is 0.143 e. The zero-order valence-corrected chi connectivity index (χ0v) is 21.3. The van der Waals surface area contributed by atoms with E-state index in [1.54, 1.807) is 0 Å². The Morgan fingerprint density at radius 2 is 1.00 bits per heavy atom. The van der Waals surface area contributed by atoms with Gasteiger partial charge in [0.25, 0.3) is 0 Å². The summed E-state index contributed by atoms with van der Waals surface area (Å²) >= 11 is 0. The Balaban J connectivity index is 2.05. The lowest BCUT2D eigenvalue weighted by molar-refractivity contribution is 0.0598. The molecule has 0 aromatic heterocycles. The maximum atomic E-state index is 6.56. The molecule has 4 rings (SSSR count). The molecular weight excluding hydrogens is 418 g/mol. The normalized spacial score (nSPS) is 11.5. The summed E-state index contributed by atoms with van der Waals surface area (Å²) in [6.07, 6.45) is 0. The molecule has 4 aromatic rings. The highest BCUT2D eigenvalue weighted by Gasteiger charge is 2.38. The first-order chi connectivity index (χ1) is 16.3. The Hall–Kier alpha value is -3.50. The number of rotatable bonds is 7. The zero-order valence-electron chi connectivity index (χ0n) is 21.3. The van der Waals surface area contributed by atoms with Gasteiger partial charge in [0.1, 0.15) is 5.60 Å². The van der Waals surface area contributed by atoms with Gasteiger partial charge in [-0.25, -0.2) is 0 Å². The van der Waals surface area contributed by atoms with E-state index in [0.29, 0.717) is 0 Å². The minimum absolute atomic E-state index is 0.764. The Labute approximate surface area is 204 Å². The lowest BCUT2D eigenvalue weighted by Gasteiger charge is -2.36. The molecule has 4 nitrogen and oxygen atoms in total. The number of hydrogen-bond acceptors (Lipinski definition) is 4. The van der Waals surface area contributed by atoms with Crippen molar-refractivity contribution in [3.63, 3.8) is 0 Å². The molecule has 0 aliphatic rings. The molecule has 4 heteroatoms. The second-order valence-corrected chi connectivity index (χ2v) is 9.34. The van der Waals surface area contributed by atoms with Gasteiger partial charge < -0.3 is 19.4 Å². The molecule has 0 spiro atoms. The third-order valence-corrected chi connectivity index (χ3v) is 6.65. The lowest BCUT2D eigenvalue weighted by atomic mass is 9.77. The van der Waals surface area contributed by atoms with E-state index < -0.39 is 5.60 Å². The molecule has 0 bridgehead atoms. The van der Waals surface area contributed by atoms with E-state index in [1.807, 2.05) is 7.11 Å². The lowest BCUT2D eigenvalue weighted by Crippen LogP contribution is -2.32. The van der Waals surface area contributed by atoms with E-state index in [4.69, 9.17) is 4.74 Å². The van der Waals surface area contributed by atoms with Gasteiger partial charge in [-0.3, -0.25) is 0 Å². The van der Waals surface area contributed by atoms with Crippen molar-refractivity contribution >= 4 is 27.8 Å². The SMILES string of the molecule is COC(c1ccc(N(C)C)cc1)(c1ccc(N(C)C)cc1)c1ccc(N(C)C)c2ccccc12. The molecule has 0 saturated carbocycles. The van der Waals surface area contributed by atoms with Gasteiger partial charge in [0.2, 0.25) is 0 Å². The summed E-state index contributed by atoms with van der Waals surface area (Å²) in [6.45, 7) is 0. The highest BCUT2D eigenvalue weighted by Crippen LogP contribution is 2.45. The van der Waals surface area contributed by atoms with Crippen molar-refractivity contribution in [3.05, 3.63) is 102 Å². The van der Waals surface area contributed by atoms with Crippen molar-refractivity contribution in [3.8, 4) is 0 Å². The van der Waals surface area contributed by atoms with Crippen LogP contribution in [0.15, 0.2) is 84.9 Å². The summed E-state index contributed by atoms with van der Waals surface area (Å²) < 4.78 is 6.56. The molecule has 0 atom stereocenters. The molecule has 0 aliphatic carbocycles. The maximum absolute atomic E-state index is 6.56. The second kappa shape index (κ2) is 9.40. The predicted molar refractivity (Wildman–Crippen MR) is 147 cm³/mol. The minimum atomic E-state index is -0.764. The van der Waals surface area contributed by atoms with E-state index in [9.17, 15) is 0 Å². The average Bonchev–Trinajstić information content (AvgIpc) is 2.85. The van der Waals surface area contributed by atoms with E-state index in [2.05, 4.69) is 142 Å². The van der Waals surface area contributed by atoms with Crippen LogP contribution >= 0.6 is 0 Å². The van der Waals surface area contributed by atoms with Gasteiger partial charge in [0, 0.05) is 77.4 Å². The summed E-state index contributed by atoms with van der Waals surface area (Å²) in [5, 5.41) is 2.39. The summed E-state index contributed by atoms with van der Waals surface area (Å²) in [5.41, 5.74) is 6.07. The van der Waals surface area contributed by atoms with Gasteiger partial charge in [-0.1, -0.05) is 54.6 Å². The molecule has 0 radical (unpaired) electrons. The molecule has 176 valence electrons. The number of methoxy groups -OCH3 is 1. The number of benzene rings is 4. The Morgan fingerprint density at radius 3 is 1.41 bits per heavy atom. The summed E-state index contributed by atoms with van der Waals surface area (Å²) in [6, 6.07) is 30.4. The zero-order chi connectivity index (χ0) is 24.5. The first-order valence-corrected chi connectivity index (χ1v) is 11.6. The largest absolute Gasteiger partial charge is 0.378 e. The first-order valence-electron chi connectivity index (χ1n) is 11.6. The van der Waals surface area contributed by atoms with Crippen molar-refractivity contribution < 1.29 is 4.74 Å². The van der Waals surface area contributed by atoms with Gasteiger partial charge in [0.15, 0.2) is 0 Å². The van der Waals surface area contributed by atoms with Crippen LogP contribution in [-0.4, -0.2) is 49.4 Å². The van der Waals surface area contributed by atoms with Gasteiger partial charge in [-0.2, -0.15) is 0 Å². The highest BCUT2D eigenvalue weighted by atomic mass is 16.5. The maximum Gasteiger partial charge on any atom is 0.143 e. The van der Waals surface area contributed by atoms with Crippen LogP contribution in [0.2, 0.25) is 0 Å². The quantitative estimate of drug-likeness (QED) is 0.321. The van der Waals surface area contributed by atoms with Crippen molar-refractivity contribution in [2.45, 2.75) is 5.60 Å². The third-order valence-electron chi connectivity index (χ3n) is 6.65. The Kier molecular flexibility index (Phi) is 6.54. The third kappa shape index (κ3) is 3.99. The molecule has 0 saturated heterocycles. The van der Waals surface area contributed by atoms with E-state index in [-0.39, 0.29) is 0 Å². The van der Waals surface area contributed by atoms with Crippen LogP contribution in [0, 0.1) is 0 Å². The Morgan fingerprint density at radius 1 is 0.529 bits per heavy atom. The van der Waals surface area contributed by atoms with Crippen LogP contribution in [0.25, 0.3) is 10.8 Å². The van der Waals surface area contributed by atoms with Gasteiger partial charge >= 0.3 is 0 Å². The van der Waals surface area contributed by atoms with Gasteiger partial charge in [-0.05, 0) is 46.8 Å². The van der Waals surface area contributed by atoms with Crippen LogP contribution in [0.4, 0.5) is 17.1 Å². The monoisotopic (exact) mass is 453 g/mol. The predicted octanol–water partition coefficient (Wildman–Crippen LogP) is 5.98. The average molecular weight is 454 g/mol. The van der Waals surface area contributed by atoms with Crippen molar-refractivity contribution in [2.75, 3.05) is 64.1 Å². The molecule has 0 N–H and O–H groups in total. The number of anilines is 3. The summed E-state index contributed by atoms with van der Waals surface area (Å²) in [7, 11) is 14.2. The molecule has 4 aromatic carbocycles. The molecule has 0 unspecified atom stereocenters. The van der Waals surface area contributed by atoms with Gasteiger partial charge in [0.05, 0.1) is 0 Å². The fourth-order valence-electron chi connectivity index (χ4n) is 4.79. The second-order valence-electron chi connectivity index (χ2n) is 9.34. The molecule has 34 heavy (non-hydrogen) atoms. The molecule has 0 fully saturated rings. The van der Waals surface area contributed by atoms with Crippen LogP contribution in [0.5, 0.6) is 0 Å². The minimum Gasteiger partial charge on any atom is -0.378 e. The number of nitrogens with zero attached hydrogens (tertiary/aromatic N) is 3. The fraction of sp³-hybridized carbons (Fsp3) is 0.267. The topological polar surface area (TPSA) is 19.0 Å². The summed E-state index contributed by atoms with van der Waals surface area (Å²) in [4.78, 5) is 6.40. The van der Waals surface area contributed by atoms with Gasteiger partial charge in [-0.15, -0.1) is 0 Å². The number of fused-ring (bicyclic) bond motifs is 1. The van der Waals surface area contributed by atoms with Crippen LogP contribution in [0.1, 0.15) is 16.7 Å². The highest BCUT2D eigenvalue weighted by molar-refractivity contribution is 5.97. The molecule has 0 amide bonds. The first kappa shape index (κ1) is 23.7. The molecule has 0 aliphatic heterocycles. The molecular formula is C30H35N3O. The Bertz CT molecular complexity index is 1210.